The second-order valence-corrected chi connectivity index (χ2v) is 4.79. The largest absolute Gasteiger partial charge is 0.493 e. The zero-order valence-electron chi connectivity index (χ0n) is 12.4. The van der Waals surface area contributed by atoms with Gasteiger partial charge in [0.25, 0.3) is 5.91 Å². The molecule has 0 aliphatic heterocycles. The minimum absolute atomic E-state index is 0.0517. The molecule has 0 aliphatic carbocycles. The van der Waals surface area contributed by atoms with Crippen LogP contribution < -0.4 is 20.5 Å². The van der Waals surface area contributed by atoms with Gasteiger partial charge in [0.05, 0.1) is 7.11 Å². The van der Waals surface area contributed by atoms with Crippen molar-refractivity contribution in [2.45, 2.75) is 32.2 Å². The summed E-state index contributed by atoms with van der Waals surface area (Å²) in [6.07, 6.45) is 1.63. The van der Waals surface area contributed by atoms with Crippen LogP contribution in [0.3, 0.4) is 0 Å². The Morgan fingerprint density at radius 2 is 1.85 bits per heavy atom. The molecule has 112 valence electrons. The van der Waals surface area contributed by atoms with Crippen LogP contribution in [-0.4, -0.2) is 31.7 Å². The fraction of sp³-hybridized carbons (Fsp3) is 0.533. The molecule has 0 aromatic heterocycles. The summed E-state index contributed by atoms with van der Waals surface area (Å²) in [5, 5.41) is 2.80. The Hall–Kier alpha value is -1.75. The van der Waals surface area contributed by atoms with Gasteiger partial charge in [0.2, 0.25) is 0 Å². The number of nitrogens with two attached hydrogens (primary N) is 1. The second kappa shape index (κ2) is 7.75. The molecule has 5 nitrogen and oxygen atoms in total. The number of amides is 1. The molecule has 0 radical (unpaired) electrons. The van der Waals surface area contributed by atoms with Gasteiger partial charge in [-0.2, -0.15) is 0 Å². The van der Waals surface area contributed by atoms with Crippen molar-refractivity contribution in [3.05, 3.63) is 24.3 Å². The van der Waals surface area contributed by atoms with E-state index in [0.717, 1.165) is 12.8 Å². The molecule has 3 N–H and O–H groups in total. The van der Waals surface area contributed by atoms with Crippen LogP contribution in [0.2, 0.25) is 0 Å². The summed E-state index contributed by atoms with van der Waals surface area (Å²) in [5.41, 5.74) is 5.78. The highest BCUT2D eigenvalue weighted by atomic mass is 16.5. The highest BCUT2D eigenvalue weighted by Crippen LogP contribution is 2.25. The van der Waals surface area contributed by atoms with Gasteiger partial charge >= 0.3 is 0 Å². The van der Waals surface area contributed by atoms with Crippen LogP contribution in [0.1, 0.15) is 26.7 Å². The number of methoxy groups -OCH3 is 1. The number of hydrogen-bond acceptors (Lipinski definition) is 4. The molecule has 0 fully saturated rings. The number of para-hydroxylation sites is 2. The van der Waals surface area contributed by atoms with E-state index in [-0.39, 0.29) is 18.1 Å². The quantitative estimate of drug-likeness (QED) is 0.760. The van der Waals surface area contributed by atoms with Crippen molar-refractivity contribution in [1.82, 2.24) is 5.32 Å². The number of carbonyl (C=O) groups is 1. The van der Waals surface area contributed by atoms with E-state index >= 15 is 0 Å². The van der Waals surface area contributed by atoms with Crippen molar-refractivity contribution in [3.8, 4) is 11.5 Å². The molecule has 1 aromatic carbocycles. The second-order valence-electron chi connectivity index (χ2n) is 4.79. The van der Waals surface area contributed by atoms with Crippen LogP contribution in [0.15, 0.2) is 24.3 Å². The van der Waals surface area contributed by atoms with E-state index in [1.807, 2.05) is 26.0 Å². The van der Waals surface area contributed by atoms with Crippen LogP contribution in [-0.2, 0) is 4.79 Å². The predicted octanol–water partition coefficient (Wildman–Crippen LogP) is 1.71. The van der Waals surface area contributed by atoms with E-state index in [1.54, 1.807) is 19.2 Å². The van der Waals surface area contributed by atoms with E-state index in [1.165, 1.54) is 0 Å². The monoisotopic (exact) mass is 280 g/mol. The lowest BCUT2D eigenvalue weighted by molar-refractivity contribution is -0.123. The van der Waals surface area contributed by atoms with Gasteiger partial charge in [0.1, 0.15) is 0 Å². The lowest BCUT2D eigenvalue weighted by Crippen LogP contribution is -2.50. The van der Waals surface area contributed by atoms with E-state index in [4.69, 9.17) is 15.2 Å². The SMILES string of the molecule is CCC(N)(CC)CNC(=O)COc1ccccc1OC. The number of hydrogen-bond donors (Lipinski definition) is 2. The molecule has 20 heavy (non-hydrogen) atoms. The number of nitrogens with one attached hydrogen (secondary N) is 1. The Labute approximate surface area is 120 Å². The van der Waals surface area contributed by atoms with Gasteiger partial charge in [0.15, 0.2) is 18.1 Å². The molecule has 0 aliphatic rings. The third-order valence-electron chi connectivity index (χ3n) is 3.47. The Morgan fingerprint density at radius 1 is 1.25 bits per heavy atom. The van der Waals surface area contributed by atoms with Crippen molar-refractivity contribution in [1.29, 1.82) is 0 Å². The summed E-state index contributed by atoms with van der Waals surface area (Å²) in [6, 6.07) is 7.22. The molecule has 1 rings (SSSR count). The van der Waals surface area contributed by atoms with Crippen molar-refractivity contribution >= 4 is 5.91 Å². The van der Waals surface area contributed by atoms with E-state index in [9.17, 15) is 4.79 Å². The molecule has 5 heteroatoms. The van der Waals surface area contributed by atoms with Crippen molar-refractivity contribution in [3.63, 3.8) is 0 Å². The maximum Gasteiger partial charge on any atom is 0.258 e. The number of carbonyl (C=O) groups excluding carboxylic acids is 1. The Bertz CT molecular complexity index is 431. The molecular weight excluding hydrogens is 256 g/mol. The summed E-state index contributed by atoms with van der Waals surface area (Å²) < 4.78 is 10.6. The van der Waals surface area contributed by atoms with Gasteiger partial charge in [-0.3, -0.25) is 4.79 Å². The van der Waals surface area contributed by atoms with Crippen LogP contribution in [0.4, 0.5) is 0 Å². The molecule has 0 atom stereocenters. The van der Waals surface area contributed by atoms with Crippen LogP contribution >= 0.6 is 0 Å². The zero-order valence-corrected chi connectivity index (χ0v) is 12.4. The number of benzene rings is 1. The van der Waals surface area contributed by atoms with Gasteiger partial charge in [-0.1, -0.05) is 26.0 Å². The summed E-state index contributed by atoms with van der Waals surface area (Å²) in [4.78, 5) is 11.8. The molecule has 0 saturated carbocycles. The van der Waals surface area contributed by atoms with Crippen molar-refractivity contribution < 1.29 is 14.3 Å². The Balaban J connectivity index is 2.44. The predicted molar refractivity (Wildman–Crippen MR) is 79.0 cm³/mol. The first-order valence-electron chi connectivity index (χ1n) is 6.86. The topological polar surface area (TPSA) is 73.6 Å². The lowest BCUT2D eigenvalue weighted by Gasteiger charge is -2.26. The molecule has 0 saturated heterocycles. The van der Waals surface area contributed by atoms with Crippen LogP contribution in [0, 0.1) is 0 Å². The minimum Gasteiger partial charge on any atom is -0.493 e. The highest BCUT2D eigenvalue weighted by Gasteiger charge is 2.20. The first-order valence-corrected chi connectivity index (χ1v) is 6.86. The van der Waals surface area contributed by atoms with Gasteiger partial charge in [0, 0.05) is 12.1 Å². The van der Waals surface area contributed by atoms with Crippen molar-refractivity contribution in [2.75, 3.05) is 20.3 Å². The van der Waals surface area contributed by atoms with E-state index in [0.29, 0.717) is 18.0 Å². The maximum absolute atomic E-state index is 11.8. The van der Waals surface area contributed by atoms with Gasteiger partial charge in [-0.25, -0.2) is 0 Å². The van der Waals surface area contributed by atoms with Crippen molar-refractivity contribution in [2.24, 2.45) is 5.73 Å². The van der Waals surface area contributed by atoms with Crippen LogP contribution in [0.25, 0.3) is 0 Å². The standard InChI is InChI=1S/C15H24N2O3/c1-4-15(16,5-2)11-17-14(18)10-20-13-9-7-6-8-12(13)19-3/h6-9H,4-5,10-11,16H2,1-3H3,(H,17,18). The molecule has 1 aromatic rings. The molecule has 1 amide bonds. The maximum atomic E-state index is 11.8. The van der Waals surface area contributed by atoms with Gasteiger partial charge < -0.3 is 20.5 Å². The Morgan fingerprint density at radius 3 is 2.40 bits per heavy atom. The molecular formula is C15H24N2O3. The summed E-state index contributed by atoms with van der Waals surface area (Å²) >= 11 is 0. The molecule has 0 heterocycles. The fourth-order valence-corrected chi connectivity index (χ4v) is 1.71. The number of ether oxygens (including phenoxy) is 2. The molecule has 0 bridgehead atoms. The summed E-state index contributed by atoms with van der Waals surface area (Å²) in [5.74, 6) is 0.971. The highest BCUT2D eigenvalue weighted by molar-refractivity contribution is 5.77. The zero-order chi connectivity index (χ0) is 15.0. The average molecular weight is 280 g/mol. The Kier molecular flexibility index (Phi) is 6.31. The third-order valence-corrected chi connectivity index (χ3v) is 3.47. The summed E-state index contributed by atoms with van der Waals surface area (Å²) in [6.45, 7) is 4.43. The molecule has 0 spiro atoms. The molecule has 0 unspecified atom stereocenters. The lowest BCUT2D eigenvalue weighted by atomic mass is 9.94. The van der Waals surface area contributed by atoms with Gasteiger partial charge in [-0.15, -0.1) is 0 Å². The number of rotatable bonds is 8. The first kappa shape index (κ1) is 16.3. The first-order chi connectivity index (χ1) is 9.54. The van der Waals surface area contributed by atoms with E-state index in [2.05, 4.69) is 5.32 Å². The van der Waals surface area contributed by atoms with Crippen LogP contribution in [0.5, 0.6) is 11.5 Å². The van der Waals surface area contributed by atoms with Gasteiger partial charge in [-0.05, 0) is 25.0 Å². The summed E-state index contributed by atoms with van der Waals surface area (Å²) in [7, 11) is 1.56. The average Bonchev–Trinajstić information content (AvgIpc) is 2.50. The smallest absolute Gasteiger partial charge is 0.258 e. The normalized spacial score (nSPS) is 11.0. The third kappa shape index (κ3) is 4.74. The fourth-order valence-electron chi connectivity index (χ4n) is 1.71. The minimum atomic E-state index is -0.347. The van der Waals surface area contributed by atoms with E-state index < -0.39 is 0 Å².